The highest BCUT2D eigenvalue weighted by Crippen LogP contribution is 2.38. The van der Waals surface area contributed by atoms with Crippen molar-refractivity contribution < 1.29 is 24.2 Å². The van der Waals surface area contributed by atoms with Gasteiger partial charge in [-0.1, -0.05) is 74.5 Å². The van der Waals surface area contributed by atoms with Crippen LogP contribution in [0.25, 0.3) is 5.57 Å². The van der Waals surface area contributed by atoms with E-state index in [1.54, 1.807) is 24.3 Å². The smallest absolute Gasteiger partial charge is 0.303 e. The van der Waals surface area contributed by atoms with Crippen LogP contribution in [-0.4, -0.2) is 22.5 Å². The molecule has 5 nitrogen and oxygen atoms in total. The van der Waals surface area contributed by atoms with Crippen LogP contribution >= 0.6 is 0 Å². The first-order chi connectivity index (χ1) is 20.4. The van der Waals surface area contributed by atoms with E-state index in [0.29, 0.717) is 29.0 Å². The lowest BCUT2D eigenvalue weighted by Gasteiger charge is -2.31. The number of allylic oxidation sites excluding steroid dienone is 1. The van der Waals surface area contributed by atoms with Crippen LogP contribution in [0.4, 0.5) is 0 Å². The van der Waals surface area contributed by atoms with Crippen LogP contribution in [0.2, 0.25) is 0 Å². The molecule has 1 atom stereocenters. The van der Waals surface area contributed by atoms with E-state index < -0.39 is 11.4 Å². The first-order valence-electron chi connectivity index (χ1n) is 14.6. The lowest BCUT2D eigenvalue weighted by atomic mass is 9.73. The van der Waals surface area contributed by atoms with Crippen molar-refractivity contribution in [2.24, 2.45) is 0 Å². The summed E-state index contributed by atoms with van der Waals surface area (Å²) in [6.07, 6.45) is 1.36. The number of benzene rings is 4. The van der Waals surface area contributed by atoms with Crippen molar-refractivity contribution in [2.75, 3.05) is 0 Å². The van der Waals surface area contributed by atoms with Crippen molar-refractivity contribution in [3.8, 4) is 17.2 Å². The summed E-state index contributed by atoms with van der Waals surface area (Å²) in [6.45, 7) is 14.1. The second-order valence-electron chi connectivity index (χ2n) is 11.8. The van der Waals surface area contributed by atoms with Gasteiger partial charge < -0.3 is 14.6 Å². The van der Waals surface area contributed by atoms with Crippen LogP contribution in [0.1, 0.15) is 86.5 Å². The number of hydrogen-bond donors (Lipinski definition) is 1. The number of carboxylic acid groups (broad SMARTS) is 1. The van der Waals surface area contributed by atoms with E-state index in [1.165, 1.54) is 0 Å². The Morgan fingerprint density at radius 2 is 1.12 bits per heavy atom. The molecular formula is C38H40O5. The fourth-order valence-corrected chi connectivity index (χ4v) is 4.87. The Kier molecular flexibility index (Phi) is 9.55. The average Bonchev–Trinajstić information content (AvgIpc) is 3.00. The monoisotopic (exact) mass is 576 g/mol. The van der Waals surface area contributed by atoms with E-state index >= 15 is 0 Å². The molecule has 0 aliphatic heterocycles. The van der Waals surface area contributed by atoms with Crippen molar-refractivity contribution in [2.45, 2.75) is 64.9 Å². The summed E-state index contributed by atoms with van der Waals surface area (Å²) in [5, 5.41) is 9.46. The lowest BCUT2D eigenvalue weighted by molar-refractivity contribution is -0.137. The maximum atomic E-state index is 12.9. The van der Waals surface area contributed by atoms with E-state index in [4.69, 9.17) is 9.47 Å². The number of rotatable bonds is 13. The predicted octanol–water partition coefficient (Wildman–Crippen LogP) is 9.48. The number of ether oxygens (including phenoxy) is 2. The van der Waals surface area contributed by atoms with Gasteiger partial charge in [-0.3, -0.25) is 9.59 Å². The Hall–Kier alpha value is -4.64. The molecule has 0 radical (unpaired) electrons. The van der Waals surface area contributed by atoms with Gasteiger partial charge in [0.2, 0.25) is 0 Å². The van der Waals surface area contributed by atoms with Gasteiger partial charge in [-0.2, -0.15) is 0 Å². The maximum absolute atomic E-state index is 12.9. The van der Waals surface area contributed by atoms with Gasteiger partial charge in [0.25, 0.3) is 0 Å². The molecule has 5 heteroatoms. The van der Waals surface area contributed by atoms with E-state index in [9.17, 15) is 14.7 Å². The minimum Gasteiger partial charge on any atom is -0.488 e. The molecule has 4 aromatic rings. The minimum atomic E-state index is -0.832. The van der Waals surface area contributed by atoms with E-state index in [1.807, 2.05) is 79.7 Å². The van der Waals surface area contributed by atoms with Gasteiger partial charge in [-0.25, -0.2) is 0 Å². The Bertz CT molecular complexity index is 1560. The first-order valence-corrected chi connectivity index (χ1v) is 14.6. The average molecular weight is 577 g/mol. The molecule has 222 valence electrons. The Balaban J connectivity index is 1.49. The summed E-state index contributed by atoms with van der Waals surface area (Å²) in [5.74, 6) is 1.15. The second kappa shape index (κ2) is 13.1. The molecule has 1 unspecified atom stereocenters. The fraction of sp³-hybridized carbons (Fsp3) is 0.263. The molecule has 0 bridgehead atoms. The molecule has 0 spiro atoms. The zero-order valence-corrected chi connectivity index (χ0v) is 25.6. The molecule has 0 aliphatic rings. The predicted molar refractivity (Wildman–Crippen MR) is 172 cm³/mol. The topological polar surface area (TPSA) is 72.8 Å². The molecule has 4 rings (SSSR count). The van der Waals surface area contributed by atoms with Crippen molar-refractivity contribution in [3.63, 3.8) is 0 Å². The largest absolute Gasteiger partial charge is 0.488 e. The Morgan fingerprint density at radius 3 is 1.56 bits per heavy atom. The van der Waals surface area contributed by atoms with Gasteiger partial charge in [0.1, 0.15) is 22.8 Å². The number of carboxylic acids is 1. The SMILES string of the molecule is C=C(C)c1ccc(C(=O)c2ccc(Oc3ccc(C(C)(CCC(=O)O)c4ccc(OC(C)(C)CC)cc4)cc3)cc2)cc1. The summed E-state index contributed by atoms with van der Waals surface area (Å²) >= 11 is 0. The summed E-state index contributed by atoms with van der Waals surface area (Å²) in [6, 6.07) is 30.2. The Labute approximate surface area is 254 Å². The highest BCUT2D eigenvalue weighted by molar-refractivity contribution is 6.09. The third-order valence-corrected chi connectivity index (χ3v) is 8.06. The molecule has 0 aliphatic carbocycles. The lowest BCUT2D eigenvalue weighted by Crippen LogP contribution is -2.27. The summed E-state index contributed by atoms with van der Waals surface area (Å²) < 4.78 is 12.2. The molecule has 0 saturated heterocycles. The molecule has 0 saturated carbocycles. The number of carbonyl (C=O) groups excluding carboxylic acids is 1. The summed E-state index contributed by atoms with van der Waals surface area (Å²) in [7, 11) is 0. The standard InChI is InChI=1S/C38H40O5/c1-7-37(4,5)43-34-22-16-31(17-23-34)38(6,25-24-35(39)40)30-14-20-33(21-15-30)42-32-18-12-29(13-19-32)36(41)28-10-8-27(9-11-28)26(2)3/h8-23H,2,7,24-25H2,1,3-6H3,(H,39,40). The zero-order chi connectivity index (χ0) is 31.2. The highest BCUT2D eigenvalue weighted by atomic mass is 16.5. The van der Waals surface area contributed by atoms with Gasteiger partial charge in [0.15, 0.2) is 5.78 Å². The maximum Gasteiger partial charge on any atom is 0.303 e. The normalized spacial score (nSPS) is 12.7. The number of hydrogen-bond acceptors (Lipinski definition) is 4. The molecular weight excluding hydrogens is 536 g/mol. The van der Waals surface area contributed by atoms with Gasteiger partial charge in [-0.15, -0.1) is 0 Å². The molecule has 1 N–H and O–H groups in total. The quantitative estimate of drug-likeness (QED) is 0.161. The molecule has 0 amide bonds. The van der Waals surface area contributed by atoms with Crippen LogP contribution in [-0.2, 0) is 10.2 Å². The van der Waals surface area contributed by atoms with Crippen LogP contribution < -0.4 is 9.47 Å². The Morgan fingerprint density at radius 1 is 0.698 bits per heavy atom. The van der Waals surface area contributed by atoms with Crippen molar-refractivity contribution >= 4 is 17.3 Å². The molecule has 0 heterocycles. The van der Waals surface area contributed by atoms with E-state index in [0.717, 1.165) is 34.4 Å². The number of aliphatic carboxylic acids is 1. The van der Waals surface area contributed by atoms with Gasteiger partial charge in [0.05, 0.1) is 0 Å². The van der Waals surface area contributed by atoms with Crippen molar-refractivity contribution in [1.82, 2.24) is 0 Å². The molecule has 43 heavy (non-hydrogen) atoms. The zero-order valence-electron chi connectivity index (χ0n) is 25.6. The highest BCUT2D eigenvalue weighted by Gasteiger charge is 2.30. The van der Waals surface area contributed by atoms with Crippen LogP contribution in [0.3, 0.4) is 0 Å². The van der Waals surface area contributed by atoms with Crippen molar-refractivity contribution in [1.29, 1.82) is 0 Å². The first kappa shape index (κ1) is 31.3. The van der Waals surface area contributed by atoms with Gasteiger partial charge in [-0.05, 0) is 98.8 Å². The third-order valence-electron chi connectivity index (χ3n) is 8.06. The van der Waals surface area contributed by atoms with Gasteiger partial charge in [0, 0.05) is 23.0 Å². The van der Waals surface area contributed by atoms with Crippen LogP contribution in [0, 0.1) is 0 Å². The third kappa shape index (κ3) is 7.81. The molecule has 0 aromatic heterocycles. The second-order valence-corrected chi connectivity index (χ2v) is 11.8. The fourth-order valence-electron chi connectivity index (χ4n) is 4.87. The molecule has 4 aromatic carbocycles. The molecule has 0 fully saturated rings. The van der Waals surface area contributed by atoms with E-state index in [-0.39, 0.29) is 17.8 Å². The van der Waals surface area contributed by atoms with E-state index in [2.05, 4.69) is 34.3 Å². The number of ketones is 1. The summed E-state index contributed by atoms with van der Waals surface area (Å²) in [4.78, 5) is 24.5. The minimum absolute atomic E-state index is 0.0407. The van der Waals surface area contributed by atoms with Gasteiger partial charge >= 0.3 is 5.97 Å². The van der Waals surface area contributed by atoms with Crippen molar-refractivity contribution in [3.05, 3.63) is 131 Å². The van der Waals surface area contributed by atoms with Crippen LogP contribution in [0.5, 0.6) is 17.2 Å². The summed E-state index contributed by atoms with van der Waals surface area (Å²) in [5.41, 5.74) is 4.36. The number of carbonyl (C=O) groups is 2. The van der Waals surface area contributed by atoms with Crippen LogP contribution in [0.15, 0.2) is 104 Å².